The molecule has 0 aliphatic heterocycles. The average molecular weight is 137 g/mol. The molecule has 2 N–H and O–H groups in total. The monoisotopic (exact) mass is 137 g/mol. The molecule has 54 valence electrons. The van der Waals surface area contributed by atoms with Crippen molar-refractivity contribution in [3.63, 3.8) is 0 Å². The van der Waals surface area contributed by atoms with Gasteiger partial charge in [-0.1, -0.05) is 0 Å². The van der Waals surface area contributed by atoms with Crippen LogP contribution in [0.2, 0.25) is 0 Å². The fourth-order valence-electron chi connectivity index (χ4n) is 1.45. The normalized spacial score (nSPS) is 24.3. The summed E-state index contributed by atoms with van der Waals surface area (Å²) >= 11 is 0. The Morgan fingerprint density at radius 2 is 2.50 bits per heavy atom. The molecule has 0 fully saturated rings. The van der Waals surface area contributed by atoms with E-state index >= 15 is 0 Å². The first-order valence-electron chi connectivity index (χ1n) is 3.67. The predicted octanol–water partition coefficient (Wildman–Crippen LogP) is 1.10. The van der Waals surface area contributed by atoms with Crippen LogP contribution in [0.1, 0.15) is 17.7 Å². The molecule has 0 radical (unpaired) electrons. The molecule has 0 spiro atoms. The van der Waals surface area contributed by atoms with Gasteiger partial charge in [-0.3, -0.25) is 0 Å². The molecule has 0 saturated heterocycles. The summed E-state index contributed by atoms with van der Waals surface area (Å²) in [6, 6.07) is 2.36. The molecule has 0 bridgehead atoms. The smallest absolute Gasteiger partial charge is 0.108 e. The van der Waals surface area contributed by atoms with Gasteiger partial charge in [0.25, 0.3) is 0 Å². The third-order valence-electron chi connectivity index (χ3n) is 2.07. The maximum atomic E-state index is 5.75. The first-order valence-corrected chi connectivity index (χ1v) is 3.67. The van der Waals surface area contributed by atoms with Crippen LogP contribution in [0.5, 0.6) is 0 Å². The van der Waals surface area contributed by atoms with Crippen molar-refractivity contribution in [2.45, 2.75) is 25.3 Å². The highest BCUT2D eigenvalue weighted by Gasteiger charge is 2.16. The van der Waals surface area contributed by atoms with Gasteiger partial charge in [0.05, 0.1) is 6.26 Å². The van der Waals surface area contributed by atoms with Crippen molar-refractivity contribution in [2.24, 2.45) is 5.73 Å². The average Bonchev–Trinajstić information content (AvgIpc) is 2.33. The zero-order valence-electron chi connectivity index (χ0n) is 5.84. The van der Waals surface area contributed by atoms with Crippen LogP contribution >= 0.6 is 0 Å². The molecule has 0 amide bonds. The molecule has 1 aliphatic rings. The van der Waals surface area contributed by atoms with Gasteiger partial charge >= 0.3 is 0 Å². The second-order valence-electron chi connectivity index (χ2n) is 2.87. The molecule has 10 heavy (non-hydrogen) atoms. The van der Waals surface area contributed by atoms with Crippen molar-refractivity contribution in [1.29, 1.82) is 0 Å². The maximum Gasteiger partial charge on any atom is 0.108 e. The third kappa shape index (κ3) is 0.847. The van der Waals surface area contributed by atoms with Crippen LogP contribution in [-0.2, 0) is 12.8 Å². The molecule has 2 rings (SSSR count). The first-order chi connectivity index (χ1) is 4.86. The van der Waals surface area contributed by atoms with Gasteiger partial charge in [-0.05, 0) is 24.5 Å². The number of fused-ring (bicyclic) bond motifs is 1. The molecule has 2 heteroatoms. The van der Waals surface area contributed by atoms with E-state index in [-0.39, 0.29) is 0 Å². The molecule has 1 unspecified atom stereocenters. The van der Waals surface area contributed by atoms with Crippen molar-refractivity contribution < 1.29 is 4.42 Å². The predicted molar refractivity (Wildman–Crippen MR) is 38.7 cm³/mol. The van der Waals surface area contributed by atoms with Gasteiger partial charge in [0, 0.05) is 12.5 Å². The highest BCUT2D eigenvalue weighted by atomic mass is 16.3. The number of nitrogens with two attached hydrogens (primary N) is 1. The maximum absolute atomic E-state index is 5.75. The zero-order chi connectivity index (χ0) is 6.97. The Morgan fingerprint density at radius 1 is 1.60 bits per heavy atom. The fraction of sp³-hybridized carbons (Fsp3) is 0.500. The van der Waals surface area contributed by atoms with E-state index in [0.717, 1.165) is 25.0 Å². The SMILES string of the molecule is NC1CCc2ccoc2C1. The Morgan fingerprint density at radius 3 is 3.40 bits per heavy atom. The van der Waals surface area contributed by atoms with Crippen LogP contribution in [0, 0.1) is 0 Å². The van der Waals surface area contributed by atoms with Gasteiger partial charge in [-0.15, -0.1) is 0 Å². The Balaban J connectivity index is 2.30. The molecular formula is C8H11NO. The van der Waals surface area contributed by atoms with E-state index in [2.05, 4.69) is 0 Å². The lowest BCUT2D eigenvalue weighted by atomic mass is 9.95. The van der Waals surface area contributed by atoms with Crippen molar-refractivity contribution >= 4 is 0 Å². The van der Waals surface area contributed by atoms with Crippen LogP contribution in [0.15, 0.2) is 16.7 Å². The minimum Gasteiger partial charge on any atom is -0.469 e. The van der Waals surface area contributed by atoms with E-state index < -0.39 is 0 Å². The first kappa shape index (κ1) is 5.98. The van der Waals surface area contributed by atoms with Crippen LogP contribution < -0.4 is 5.73 Å². The van der Waals surface area contributed by atoms with E-state index in [1.165, 1.54) is 5.56 Å². The van der Waals surface area contributed by atoms with Gasteiger partial charge in [0.2, 0.25) is 0 Å². The second-order valence-corrected chi connectivity index (χ2v) is 2.87. The summed E-state index contributed by atoms with van der Waals surface area (Å²) in [4.78, 5) is 0. The molecule has 2 nitrogen and oxygen atoms in total. The Kier molecular flexibility index (Phi) is 1.27. The minimum atomic E-state index is 0.318. The molecule has 1 atom stereocenters. The number of hydrogen-bond acceptors (Lipinski definition) is 2. The van der Waals surface area contributed by atoms with Gasteiger partial charge in [0.1, 0.15) is 5.76 Å². The van der Waals surface area contributed by atoms with Gasteiger partial charge in [0.15, 0.2) is 0 Å². The lowest BCUT2D eigenvalue weighted by Gasteiger charge is -2.15. The van der Waals surface area contributed by atoms with Crippen molar-refractivity contribution in [1.82, 2.24) is 0 Å². The van der Waals surface area contributed by atoms with E-state index in [4.69, 9.17) is 10.2 Å². The molecule has 1 heterocycles. The summed E-state index contributed by atoms with van der Waals surface area (Å²) in [5.41, 5.74) is 7.10. The third-order valence-corrected chi connectivity index (χ3v) is 2.07. The van der Waals surface area contributed by atoms with E-state index in [0.29, 0.717) is 6.04 Å². The van der Waals surface area contributed by atoms with Crippen molar-refractivity contribution in [2.75, 3.05) is 0 Å². The van der Waals surface area contributed by atoms with Gasteiger partial charge < -0.3 is 10.2 Å². The number of hydrogen-bond donors (Lipinski definition) is 1. The lowest BCUT2D eigenvalue weighted by Crippen LogP contribution is -2.26. The van der Waals surface area contributed by atoms with Crippen LogP contribution in [-0.4, -0.2) is 6.04 Å². The topological polar surface area (TPSA) is 39.2 Å². The van der Waals surface area contributed by atoms with E-state index in [9.17, 15) is 0 Å². The second kappa shape index (κ2) is 2.13. The van der Waals surface area contributed by atoms with Crippen molar-refractivity contribution in [3.8, 4) is 0 Å². The summed E-state index contributed by atoms with van der Waals surface area (Å²) < 4.78 is 5.25. The summed E-state index contributed by atoms with van der Waals surface area (Å²) in [6.45, 7) is 0. The fourth-order valence-corrected chi connectivity index (χ4v) is 1.45. The molecule has 0 aromatic carbocycles. The molecular weight excluding hydrogens is 126 g/mol. The highest BCUT2D eigenvalue weighted by molar-refractivity contribution is 5.20. The molecule has 1 aromatic rings. The van der Waals surface area contributed by atoms with Gasteiger partial charge in [-0.2, -0.15) is 0 Å². The van der Waals surface area contributed by atoms with E-state index in [1.54, 1.807) is 6.26 Å². The standard InChI is InChI=1S/C8H11NO/c9-7-2-1-6-3-4-10-8(6)5-7/h3-4,7H,1-2,5,9H2. The molecule has 0 saturated carbocycles. The Hall–Kier alpha value is -0.760. The largest absolute Gasteiger partial charge is 0.469 e. The van der Waals surface area contributed by atoms with Crippen LogP contribution in [0.3, 0.4) is 0 Å². The molecule has 1 aromatic heterocycles. The number of aryl methyl sites for hydroxylation is 1. The van der Waals surface area contributed by atoms with Crippen LogP contribution in [0.4, 0.5) is 0 Å². The lowest BCUT2D eigenvalue weighted by molar-refractivity contribution is 0.449. The summed E-state index contributed by atoms with van der Waals surface area (Å²) in [5, 5.41) is 0. The summed E-state index contributed by atoms with van der Waals surface area (Å²) in [7, 11) is 0. The summed E-state index contributed by atoms with van der Waals surface area (Å²) in [5.74, 6) is 1.10. The van der Waals surface area contributed by atoms with Crippen LogP contribution in [0.25, 0.3) is 0 Å². The number of rotatable bonds is 0. The summed E-state index contributed by atoms with van der Waals surface area (Å²) in [6.07, 6.45) is 4.87. The van der Waals surface area contributed by atoms with Crippen molar-refractivity contribution in [3.05, 3.63) is 23.7 Å². The highest BCUT2D eigenvalue weighted by Crippen LogP contribution is 2.20. The zero-order valence-corrected chi connectivity index (χ0v) is 5.84. The quantitative estimate of drug-likeness (QED) is 0.581. The van der Waals surface area contributed by atoms with Gasteiger partial charge in [-0.25, -0.2) is 0 Å². The minimum absolute atomic E-state index is 0.318. The molecule has 1 aliphatic carbocycles. The Labute approximate surface area is 60.0 Å². The van der Waals surface area contributed by atoms with E-state index in [1.807, 2.05) is 6.07 Å². The Bertz CT molecular complexity index is 229. The number of furan rings is 1.